The zero-order chi connectivity index (χ0) is 21.1. The van der Waals surface area contributed by atoms with Crippen LogP contribution in [0.5, 0.6) is 0 Å². The summed E-state index contributed by atoms with van der Waals surface area (Å²) >= 11 is 3.42. The van der Waals surface area contributed by atoms with Crippen molar-refractivity contribution in [2.75, 3.05) is 6.61 Å². The average molecular weight is 450 g/mol. The zero-order valence-electron chi connectivity index (χ0n) is 16.7. The van der Waals surface area contributed by atoms with E-state index in [0.29, 0.717) is 5.39 Å². The van der Waals surface area contributed by atoms with Crippen LogP contribution in [0.1, 0.15) is 46.2 Å². The number of aryl methyl sites for hydroxylation is 1. The van der Waals surface area contributed by atoms with Gasteiger partial charge in [-0.1, -0.05) is 15.9 Å². The van der Waals surface area contributed by atoms with Gasteiger partial charge in [0.2, 0.25) is 0 Å². The second-order valence-corrected chi connectivity index (χ2v) is 8.37. The highest BCUT2D eigenvalue weighted by Crippen LogP contribution is 2.37. The third-order valence-electron chi connectivity index (χ3n) is 4.16. The lowest BCUT2D eigenvalue weighted by Crippen LogP contribution is -2.41. The second-order valence-electron chi connectivity index (χ2n) is 7.46. The van der Waals surface area contributed by atoms with E-state index < -0.39 is 23.0 Å². The molecule has 2 rings (SSSR count). The maximum Gasteiger partial charge on any atom is 0.333 e. The van der Waals surface area contributed by atoms with E-state index in [0.717, 1.165) is 9.99 Å². The van der Waals surface area contributed by atoms with Gasteiger partial charge in [-0.2, -0.15) is 10.4 Å². The molecule has 0 spiro atoms. The highest BCUT2D eigenvalue weighted by atomic mass is 79.9. The Morgan fingerprint density at radius 2 is 2.00 bits per heavy atom. The molecule has 0 bridgehead atoms. The Hall–Kier alpha value is -2.40. The van der Waals surface area contributed by atoms with E-state index in [9.17, 15) is 14.9 Å². The zero-order valence-corrected chi connectivity index (χ0v) is 18.3. The minimum atomic E-state index is -1.74. The fourth-order valence-corrected chi connectivity index (χ4v) is 3.27. The molecule has 1 aromatic heterocycles. The van der Waals surface area contributed by atoms with E-state index in [2.05, 4.69) is 27.1 Å². The monoisotopic (exact) mass is 449 g/mol. The number of nitrogens with zero attached hydrogens (tertiary/aromatic N) is 3. The van der Waals surface area contributed by atoms with Crippen molar-refractivity contribution in [2.24, 2.45) is 7.05 Å². The van der Waals surface area contributed by atoms with Crippen molar-refractivity contribution in [3.8, 4) is 6.07 Å². The Balaban J connectivity index is 2.63. The molecular formula is C20H24BrN3O4. The molecule has 0 saturated heterocycles. The van der Waals surface area contributed by atoms with Crippen molar-refractivity contribution >= 4 is 38.8 Å². The molecule has 1 heterocycles. The molecule has 150 valence electrons. The summed E-state index contributed by atoms with van der Waals surface area (Å²) in [7, 11) is 1.74. The van der Waals surface area contributed by atoms with Crippen molar-refractivity contribution < 1.29 is 19.1 Å². The number of hydrogen-bond donors (Lipinski definition) is 0. The Labute approximate surface area is 172 Å². The van der Waals surface area contributed by atoms with E-state index in [1.54, 1.807) is 45.5 Å². The highest BCUT2D eigenvalue weighted by molar-refractivity contribution is 9.10. The normalized spacial score (nSPS) is 13.6. The molecule has 0 fully saturated rings. The Kier molecular flexibility index (Phi) is 6.50. The van der Waals surface area contributed by atoms with Crippen LogP contribution in [-0.2, 0) is 31.5 Å². The van der Waals surface area contributed by atoms with Gasteiger partial charge in [0, 0.05) is 23.3 Å². The smallest absolute Gasteiger partial charge is 0.333 e. The third kappa shape index (κ3) is 4.53. The molecule has 1 atom stereocenters. The SMILES string of the molecule is CCOC(=O)CCC(C#N)(C(=O)OC(C)(C)C)c1nn(C)c2ccc(Br)cc12. The van der Waals surface area contributed by atoms with Crippen LogP contribution in [0.25, 0.3) is 10.9 Å². The Morgan fingerprint density at radius 1 is 1.32 bits per heavy atom. The van der Waals surface area contributed by atoms with Crippen LogP contribution in [0.15, 0.2) is 22.7 Å². The summed E-state index contributed by atoms with van der Waals surface area (Å²) in [5, 5.41) is 15.2. The molecule has 0 amide bonds. The average Bonchev–Trinajstić information content (AvgIpc) is 2.91. The van der Waals surface area contributed by atoms with Gasteiger partial charge in [-0.15, -0.1) is 0 Å². The third-order valence-corrected chi connectivity index (χ3v) is 4.66. The first-order chi connectivity index (χ1) is 13.0. The van der Waals surface area contributed by atoms with E-state index in [1.165, 1.54) is 0 Å². The van der Waals surface area contributed by atoms with Gasteiger partial charge in [0.25, 0.3) is 0 Å². The number of rotatable bonds is 6. The summed E-state index contributed by atoms with van der Waals surface area (Å²) in [6.45, 7) is 7.11. The Morgan fingerprint density at radius 3 is 2.57 bits per heavy atom. The number of esters is 2. The van der Waals surface area contributed by atoms with Crippen molar-refractivity contribution in [2.45, 2.75) is 51.6 Å². The fourth-order valence-electron chi connectivity index (χ4n) is 2.91. The number of benzene rings is 1. The first kappa shape index (κ1) is 21.9. The van der Waals surface area contributed by atoms with Gasteiger partial charge in [-0.05, 0) is 52.3 Å². The number of halogens is 1. The summed E-state index contributed by atoms with van der Waals surface area (Å²) in [5.74, 6) is -1.21. The number of ether oxygens (including phenoxy) is 2. The lowest BCUT2D eigenvalue weighted by Gasteiger charge is -2.28. The first-order valence-electron chi connectivity index (χ1n) is 8.97. The van der Waals surface area contributed by atoms with Gasteiger partial charge in [0.15, 0.2) is 5.41 Å². The van der Waals surface area contributed by atoms with Crippen LogP contribution in [0.3, 0.4) is 0 Å². The molecule has 0 saturated carbocycles. The summed E-state index contributed by atoms with van der Waals surface area (Å²) in [5.41, 5.74) is -1.50. The predicted molar refractivity (Wildman–Crippen MR) is 107 cm³/mol. The molecule has 7 nitrogen and oxygen atoms in total. The maximum absolute atomic E-state index is 13.2. The van der Waals surface area contributed by atoms with E-state index >= 15 is 0 Å². The van der Waals surface area contributed by atoms with Crippen LogP contribution in [-0.4, -0.2) is 33.9 Å². The Bertz CT molecular complexity index is 939. The highest BCUT2D eigenvalue weighted by Gasteiger charge is 2.47. The van der Waals surface area contributed by atoms with Crippen molar-refractivity contribution in [3.63, 3.8) is 0 Å². The van der Waals surface area contributed by atoms with Gasteiger partial charge in [0.1, 0.15) is 11.3 Å². The van der Waals surface area contributed by atoms with Crippen LogP contribution in [0.2, 0.25) is 0 Å². The molecule has 28 heavy (non-hydrogen) atoms. The number of nitriles is 1. The van der Waals surface area contributed by atoms with Gasteiger partial charge in [-0.25, -0.2) is 4.79 Å². The molecule has 0 aliphatic carbocycles. The lowest BCUT2D eigenvalue weighted by atomic mass is 9.79. The minimum Gasteiger partial charge on any atom is -0.466 e. The fraction of sp³-hybridized carbons (Fsp3) is 0.500. The largest absolute Gasteiger partial charge is 0.466 e. The van der Waals surface area contributed by atoms with E-state index in [1.807, 2.05) is 12.1 Å². The number of carbonyl (C=O) groups excluding carboxylic acids is 2. The van der Waals surface area contributed by atoms with E-state index in [-0.39, 0.29) is 25.1 Å². The lowest BCUT2D eigenvalue weighted by molar-refractivity contribution is -0.160. The van der Waals surface area contributed by atoms with E-state index in [4.69, 9.17) is 9.47 Å². The molecule has 0 aliphatic heterocycles. The van der Waals surface area contributed by atoms with Gasteiger partial charge in [0.05, 0.1) is 18.2 Å². The summed E-state index contributed by atoms with van der Waals surface area (Å²) in [4.78, 5) is 25.1. The molecule has 0 N–H and O–H groups in total. The maximum atomic E-state index is 13.2. The number of aromatic nitrogens is 2. The standard InChI is InChI=1S/C20H24BrN3O4/c1-6-27-16(25)9-10-20(12-22,18(26)28-19(2,3)4)17-14-11-13(21)7-8-15(14)24(5)23-17/h7-8,11H,6,9-10H2,1-5H3. The topological polar surface area (TPSA) is 94.2 Å². The molecule has 8 heteroatoms. The molecular weight excluding hydrogens is 426 g/mol. The molecule has 1 unspecified atom stereocenters. The minimum absolute atomic E-state index is 0.0874. The quantitative estimate of drug-likeness (QED) is 0.622. The summed E-state index contributed by atoms with van der Waals surface area (Å²) < 4.78 is 12.9. The molecule has 1 aromatic carbocycles. The summed E-state index contributed by atoms with van der Waals surface area (Å²) in [6, 6.07) is 7.61. The van der Waals surface area contributed by atoms with Crippen molar-refractivity contribution in [1.82, 2.24) is 9.78 Å². The second kappa shape index (κ2) is 8.31. The van der Waals surface area contributed by atoms with Gasteiger partial charge >= 0.3 is 11.9 Å². The van der Waals surface area contributed by atoms with Crippen LogP contribution >= 0.6 is 15.9 Å². The number of fused-ring (bicyclic) bond motifs is 1. The van der Waals surface area contributed by atoms with Crippen LogP contribution < -0.4 is 0 Å². The van der Waals surface area contributed by atoms with Crippen LogP contribution in [0, 0.1) is 11.3 Å². The number of carbonyl (C=O) groups is 2. The van der Waals surface area contributed by atoms with Gasteiger partial charge < -0.3 is 9.47 Å². The molecule has 0 radical (unpaired) electrons. The van der Waals surface area contributed by atoms with Crippen LogP contribution in [0.4, 0.5) is 0 Å². The van der Waals surface area contributed by atoms with Gasteiger partial charge in [-0.3, -0.25) is 9.48 Å². The predicted octanol–water partition coefficient (Wildman–Crippen LogP) is 3.78. The number of hydrogen-bond acceptors (Lipinski definition) is 6. The molecule has 0 aliphatic rings. The van der Waals surface area contributed by atoms with Crippen molar-refractivity contribution in [3.05, 3.63) is 28.4 Å². The first-order valence-corrected chi connectivity index (χ1v) is 9.76. The summed E-state index contributed by atoms with van der Waals surface area (Å²) in [6.07, 6.45) is -0.192. The van der Waals surface area contributed by atoms with Crippen molar-refractivity contribution in [1.29, 1.82) is 5.26 Å². The molecule has 2 aromatic rings.